The second kappa shape index (κ2) is 19.7. The highest BCUT2D eigenvalue weighted by atomic mass is 32.2. The molecular formula is C29H45FN3O4PS+2. The number of aliphatic carboxylic acids is 1. The number of quaternary nitrogens is 1. The van der Waals surface area contributed by atoms with Crippen LogP contribution in [0, 0.1) is 0 Å². The van der Waals surface area contributed by atoms with Crippen molar-refractivity contribution in [1.29, 1.82) is 0 Å². The van der Waals surface area contributed by atoms with Crippen molar-refractivity contribution in [3.8, 4) is 0 Å². The largest absolute Gasteiger partial charge is 0.480 e. The number of carbonyl (C=O) groups excluding carboxylic acids is 1. The van der Waals surface area contributed by atoms with Gasteiger partial charge in [0.1, 0.15) is 6.04 Å². The standard InChI is InChI=1S/C23H29N3O2S.C4H8FO2P.C2H6/c27-23(28)21(26-29-20-12-6-4-7-13-20)14-8-3-1-2-5-11-19-16-15-18-10-9-17-24-22(18)25-19;1-4(5,8)3(6)7-2;1-2/h3-4,6-8,12-13,15-16,21,26H,1-2,5,9-11,14,17H2,(H,24,25)(H,27,28);8H2,1-2H3;1-2H3/p+2/b8-3+;;. The Labute approximate surface area is 239 Å². The van der Waals surface area contributed by atoms with Crippen molar-refractivity contribution in [2.24, 2.45) is 0 Å². The number of ether oxygens (including phenoxy) is 1. The first kappa shape index (κ1) is 34.7. The van der Waals surface area contributed by atoms with E-state index in [0.717, 1.165) is 44.6 Å². The maximum Gasteiger partial charge on any atom is 0.367 e. The molecule has 0 saturated carbocycles. The molecule has 1 aromatic heterocycles. The maximum atomic E-state index is 12.3. The summed E-state index contributed by atoms with van der Waals surface area (Å²) < 4.78 is 19.4. The molecule has 0 spiro atoms. The summed E-state index contributed by atoms with van der Waals surface area (Å²) in [6.45, 7) is 6.29. The number of unbranched alkanes of at least 4 members (excludes halogenated alkanes) is 2. The molecule has 1 aliphatic heterocycles. The average molecular weight is 582 g/mol. The Kier molecular flexibility index (Phi) is 17.5. The second-order valence-corrected chi connectivity index (χ2v) is 11.0. The predicted octanol–water partition coefficient (Wildman–Crippen LogP) is 4.80. The molecule has 0 aliphatic carbocycles. The van der Waals surface area contributed by atoms with Crippen LogP contribution in [0.3, 0.4) is 0 Å². The lowest BCUT2D eigenvalue weighted by molar-refractivity contribution is -0.653. The molecule has 1 aromatic carbocycles. The van der Waals surface area contributed by atoms with Gasteiger partial charge in [-0.1, -0.05) is 53.4 Å². The number of rotatable bonds is 12. The summed E-state index contributed by atoms with van der Waals surface area (Å²) in [4.78, 5) is 26.2. The summed E-state index contributed by atoms with van der Waals surface area (Å²) in [5.74, 6) is -0.380. The van der Waals surface area contributed by atoms with Crippen molar-refractivity contribution in [1.82, 2.24) is 4.72 Å². The van der Waals surface area contributed by atoms with Gasteiger partial charge in [0.05, 0.1) is 19.2 Å². The van der Waals surface area contributed by atoms with Gasteiger partial charge in [-0.2, -0.15) is 4.98 Å². The van der Waals surface area contributed by atoms with Crippen LogP contribution < -0.4 is 15.0 Å². The Morgan fingerprint density at radius 3 is 2.56 bits per heavy atom. The minimum absolute atomic E-state index is 0.490. The third kappa shape index (κ3) is 14.6. The van der Waals surface area contributed by atoms with Crippen molar-refractivity contribution in [3.05, 3.63) is 65.9 Å². The van der Waals surface area contributed by atoms with Crippen LogP contribution in [0.15, 0.2) is 59.5 Å². The second-order valence-electron chi connectivity index (χ2n) is 8.96. The van der Waals surface area contributed by atoms with Gasteiger partial charge in [-0.25, -0.2) is 13.9 Å². The highest BCUT2D eigenvalue weighted by Crippen LogP contribution is 2.19. The Balaban J connectivity index is 0.000000654. The quantitative estimate of drug-likeness (QED) is 0.109. The lowest BCUT2D eigenvalue weighted by atomic mass is 10.1. The molecule has 0 saturated heterocycles. The number of esters is 1. The molecule has 0 radical (unpaired) electrons. The van der Waals surface area contributed by atoms with Crippen LogP contribution in [-0.2, 0) is 27.2 Å². The number of benzene rings is 1. The number of nitrogens with one attached hydrogen (secondary N) is 2. The van der Waals surface area contributed by atoms with Crippen LogP contribution in [0.4, 0.5) is 10.2 Å². The minimum Gasteiger partial charge on any atom is -0.480 e. The van der Waals surface area contributed by atoms with Gasteiger partial charge in [-0.05, 0) is 69.2 Å². The summed E-state index contributed by atoms with van der Waals surface area (Å²) in [5.41, 5.74) is 2.74. The number of methoxy groups -OCH3 is 1. The Morgan fingerprint density at radius 1 is 1.23 bits per heavy atom. The number of allylic oxidation sites excluding steroid dienone is 1. The number of H-pyrrole nitrogens is 1. The van der Waals surface area contributed by atoms with E-state index in [1.54, 1.807) is 9.24 Å². The number of aryl methyl sites for hydroxylation is 2. The van der Waals surface area contributed by atoms with E-state index in [4.69, 9.17) is 0 Å². The van der Waals surface area contributed by atoms with Gasteiger partial charge in [0.2, 0.25) is 5.41 Å². The number of carboxylic acids is 1. The van der Waals surface area contributed by atoms with E-state index in [-0.39, 0.29) is 0 Å². The first-order valence-corrected chi connectivity index (χ1v) is 14.9. The molecule has 3 unspecified atom stereocenters. The molecule has 39 heavy (non-hydrogen) atoms. The lowest BCUT2D eigenvalue weighted by Gasteiger charge is -2.11. The van der Waals surface area contributed by atoms with E-state index in [2.05, 4.69) is 38.0 Å². The first-order chi connectivity index (χ1) is 18.7. The topological polar surface area (TPSA) is 106 Å². The van der Waals surface area contributed by atoms with E-state index < -0.39 is 23.4 Å². The fraction of sp³-hybridized carbons (Fsp3) is 0.483. The molecule has 0 bridgehead atoms. The van der Waals surface area contributed by atoms with E-state index in [1.807, 2.05) is 50.3 Å². The normalized spacial score (nSPS) is 14.5. The lowest BCUT2D eigenvalue weighted by Crippen LogP contribution is -2.82. The third-order valence-electron chi connectivity index (χ3n) is 5.68. The zero-order valence-electron chi connectivity index (χ0n) is 23.5. The number of pyridine rings is 1. The smallest absolute Gasteiger partial charge is 0.367 e. The van der Waals surface area contributed by atoms with Crippen LogP contribution in [0.25, 0.3) is 0 Å². The number of nitrogens with two attached hydrogens (primary N) is 1. The monoisotopic (exact) mass is 581 g/mol. The number of aromatic nitrogens is 1. The zero-order valence-corrected chi connectivity index (χ0v) is 25.5. The molecule has 10 heteroatoms. The highest BCUT2D eigenvalue weighted by Gasteiger charge is 2.27. The highest BCUT2D eigenvalue weighted by molar-refractivity contribution is 7.97. The summed E-state index contributed by atoms with van der Waals surface area (Å²) in [5, 5.41) is 9.76. The van der Waals surface area contributed by atoms with Crippen LogP contribution in [-0.4, -0.2) is 42.2 Å². The number of hydrogen-bond donors (Lipinski definition) is 3. The van der Waals surface area contributed by atoms with Crippen molar-refractivity contribution in [2.75, 3.05) is 13.7 Å². The first-order valence-electron chi connectivity index (χ1n) is 13.5. The number of hydrogen-bond acceptors (Lipinski definition) is 5. The Morgan fingerprint density at radius 2 is 1.95 bits per heavy atom. The van der Waals surface area contributed by atoms with Gasteiger partial charge >= 0.3 is 17.8 Å². The summed E-state index contributed by atoms with van der Waals surface area (Å²) >= 11 is 1.37. The Hall–Kier alpha value is -2.32. The van der Waals surface area contributed by atoms with E-state index in [1.165, 1.54) is 48.4 Å². The third-order valence-corrected chi connectivity index (χ3v) is 6.82. The number of halogens is 1. The van der Waals surface area contributed by atoms with Gasteiger partial charge in [0.25, 0.3) is 0 Å². The molecule has 216 valence electrons. The van der Waals surface area contributed by atoms with Gasteiger partial charge in [-0.15, -0.1) is 0 Å². The van der Waals surface area contributed by atoms with Crippen molar-refractivity contribution in [2.45, 2.75) is 82.1 Å². The van der Waals surface area contributed by atoms with E-state index in [0.29, 0.717) is 6.42 Å². The zero-order chi connectivity index (χ0) is 29.1. The fourth-order valence-corrected chi connectivity index (χ4v) is 4.51. The number of carbonyl (C=O) groups is 2. The number of alkyl halides is 1. The van der Waals surface area contributed by atoms with Crippen molar-refractivity contribution in [3.63, 3.8) is 0 Å². The fourth-order valence-electron chi connectivity index (χ4n) is 3.63. The average Bonchev–Trinajstić information content (AvgIpc) is 2.94. The van der Waals surface area contributed by atoms with E-state index in [9.17, 15) is 19.1 Å². The molecule has 0 fully saturated rings. The van der Waals surface area contributed by atoms with Gasteiger partial charge < -0.3 is 9.84 Å². The van der Waals surface area contributed by atoms with Crippen LogP contribution in [0.2, 0.25) is 0 Å². The molecular weight excluding hydrogens is 536 g/mol. The SMILES string of the molecule is CC.COC(=O)C(C)(F)P.O=C(O)C(C/C=C/CCCCc1ccc2c([nH+]1)[NH2+]CCC2)NSc1ccccc1. The summed E-state index contributed by atoms with van der Waals surface area (Å²) in [7, 11) is 2.88. The van der Waals surface area contributed by atoms with Crippen molar-refractivity contribution >= 4 is 38.9 Å². The van der Waals surface area contributed by atoms with Crippen LogP contribution >= 0.6 is 21.2 Å². The number of aromatic amines is 1. The maximum absolute atomic E-state index is 12.3. The molecule has 3 rings (SSSR count). The van der Waals surface area contributed by atoms with Gasteiger partial charge in [0.15, 0.2) is 5.69 Å². The van der Waals surface area contributed by atoms with Crippen LogP contribution in [0.1, 0.15) is 64.1 Å². The molecule has 3 atom stereocenters. The molecule has 7 nitrogen and oxygen atoms in total. The molecule has 0 amide bonds. The van der Waals surface area contributed by atoms with Crippen molar-refractivity contribution < 1.29 is 34.1 Å². The molecule has 1 aliphatic rings. The number of carboxylic acid groups (broad SMARTS) is 1. The Bertz CT molecular complexity index is 1020. The minimum atomic E-state index is -1.94. The van der Waals surface area contributed by atoms with Gasteiger partial charge in [0, 0.05) is 23.8 Å². The van der Waals surface area contributed by atoms with E-state index >= 15 is 0 Å². The molecule has 2 aromatic rings. The predicted molar refractivity (Wildman–Crippen MR) is 159 cm³/mol. The van der Waals surface area contributed by atoms with Crippen LogP contribution in [0.5, 0.6) is 0 Å². The summed E-state index contributed by atoms with van der Waals surface area (Å²) in [6.07, 6.45) is 11.3. The van der Waals surface area contributed by atoms with Gasteiger partial charge in [-0.3, -0.25) is 10.1 Å². The summed E-state index contributed by atoms with van der Waals surface area (Å²) in [6, 6.07) is 13.7. The number of fused-ring (bicyclic) bond motifs is 1. The molecule has 5 N–H and O–H groups in total. The molecule has 2 heterocycles.